The van der Waals surface area contributed by atoms with E-state index < -0.39 is 0 Å². The highest BCUT2D eigenvalue weighted by molar-refractivity contribution is 14.0. The summed E-state index contributed by atoms with van der Waals surface area (Å²) in [5.41, 5.74) is 2.04. The van der Waals surface area contributed by atoms with E-state index in [-0.39, 0.29) is 36.5 Å². The summed E-state index contributed by atoms with van der Waals surface area (Å²) in [5, 5.41) is 20.2. The van der Waals surface area contributed by atoms with Gasteiger partial charge in [-0.1, -0.05) is 49.3 Å². The second-order valence-electron chi connectivity index (χ2n) is 6.24. The number of guanidine groups is 1. The van der Waals surface area contributed by atoms with Crippen LogP contribution in [0.5, 0.6) is 0 Å². The van der Waals surface area contributed by atoms with Gasteiger partial charge in [-0.05, 0) is 18.4 Å². The van der Waals surface area contributed by atoms with Gasteiger partial charge < -0.3 is 20.3 Å². The standard InChI is InChI=1S/C19H28N4O2.HI/c1-4-20-19(22-12-17-10-18(14(2)3)23-25-17)21-11-16(13-24)15-8-6-5-7-9-15;/h5-10,14,16,24H,4,11-13H2,1-3H3,(H2,20,21,22);1H. The Morgan fingerprint density at radius 2 is 1.96 bits per heavy atom. The number of hydrogen-bond donors (Lipinski definition) is 3. The zero-order valence-electron chi connectivity index (χ0n) is 15.6. The molecule has 144 valence electrons. The first kappa shape index (κ1) is 22.4. The fraction of sp³-hybridized carbons (Fsp3) is 0.474. The summed E-state index contributed by atoms with van der Waals surface area (Å²) in [6.45, 7) is 8.03. The first-order valence-electron chi connectivity index (χ1n) is 8.77. The fourth-order valence-electron chi connectivity index (χ4n) is 2.41. The van der Waals surface area contributed by atoms with Crippen LogP contribution in [0, 0.1) is 0 Å². The van der Waals surface area contributed by atoms with Crippen LogP contribution in [0.3, 0.4) is 0 Å². The van der Waals surface area contributed by atoms with Gasteiger partial charge in [0.1, 0.15) is 6.54 Å². The molecular formula is C19H29IN4O2. The molecule has 2 aromatic rings. The Bertz CT molecular complexity index is 659. The summed E-state index contributed by atoms with van der Waals surface area (Å²) >= 11 is 0. The quantitative estimate of drug-likeness (QED) is 0.312. The van der Waals surface area contributed by atoms with E-state index in [1.54, 1.807) is 0 Å². The number of hydrogen-bond acceptors (Lipinski definition) is 4. The van der Waals surface area contributed by atoms with Crippen LogP contribution in [-0.4, -0.2) is 35.9 Å². The molecule has 1 aromatic carbocycles. The molecule has 1 heterocycles. The topological polar surface area (TPSA) is 82.7 Å². The number of aliphatic hydroxyl groups is 1. The normalized spacial score (nSPS) is 12.6. The molecule has 3 N–H and O–H groups in total. The second-order valence-corrected chi connectivity index (χ2v) is 6.24. The molecule has 2 rings (SSSR count). The molecule has 0 saturated carbocycles. The smallest absolute Gasteiger partial charge is 0.191 e. The Balaban J connectivity index is 0.00000338. The van der Waals surface area contributed by atoms with Crippen molar-refractivity contribution in [1.29, 1.82) is 0 Å². The van der Waals surface area contributed by atoms with Crippen LogP contribution in [0.25, 0.3) is 0 Å². The number of rotatable bonds is 8. The molecule has 1 atom stereocenters. The van der Waals surface area contributed by atoms with Crippen molar-refractivity contribution >= 4 is 29.9 Å². The molecule has 7 heteroatoms. The van der Waals surface area contributed by atoms with Gasteiger partial charge in [0.25, 0.3) is 0 Å². The summed E-state index contributed by atoms with van der Waals surface area (Å²) < 4.78 is 5.32. The summed E-state index contributed by atoms with van der Waals surface area (Å²) in [7, 11) is 0. The molecule has 0 amide bonds. The van der Waals surface area contributed by atoms with Crippen molar-refractivity contribution in [2.24, 2.45) is 4.99 Å². The largest absolute Gasteiger partial charge is 0.396 e. The van der Waals surface area contributed by atoms with E-state index in [2.05, 4.69) is 34.6 Å². The van der Waals surface area contributed by atoms with Crippen molar-refractivity contribution in [3.63, 3.8) is 0 Å². The van der Waals surface area contributed by atoms with Gasteiger partial charge in [0.05, 0.1) is 12.3 Å². The van der Waals surface area contributed by atoms with Gasteiger partial charge in [0.15, 0.2) is 11.7 Å². The summed E-state index contributed by atoms with van der Waals surface area (Å²) in [5.74, 6) is 1.79. The molecule has 0 saturated heterocycles. The second kappa shape index (κ2) is 11.9. The molecule has 0 radical (unpaired) electrons. The van der Waals surface area contributed by atoms with Gasteiger partial charge in [-0.15, -0.1) is 24.0 Å². The first-order valence-corrected chi connectivity index (χ1v) is 8.77. The van der Waals surface area contributed by atoms with Crippen LogP contribution in [0.4, 0.5) is 0 Å². The van der Waals surface area contributed by atoms with Crippen molar-refractivity contribution in [2.75, 3.05) is 19.7 Å². The van der Waals surface area contributed by atoms with Gasteiger partial charge in [-0.25, -0.2) is 4.99 Å². The Morgan fingerprint density at radius 3 is 2.54 bits per heavy atom. The lowest BCUT2D eigenvalue weighted by Crippen LogP contribution is -2.39. The number of nitrogens with one attached hydrogen (secondary N) is 2. The first-order chi connectivity index (χ1) is 12.1. The van der Waals surface area contributed by atoms with Crippen molar-refractivity contribution in [1.82, 2.24) is 15.8 Å². The zero-order valence-corrected chi connectivity index (χ0v) is 17.9. The molecule has 0 fully saturated rings. The number of aromatic nitrogens is 1. The van der Waals surface area contributed by atoms with Crippen LogP contribution in [-0.2, 0) is 6.54 Å². The Kier molecular flexibility index (Phi) is 10.3. The van der Waals surface area contributed by atoms with Crippen molar-refractivity contribution in [2.45, 2.75) is 39.2 Å². The van der Waals surface area contributed by atoms with Crippen LogP contribution < -0.4 is 10.6 Å². The van der Waals surface area contributed by atoms with E-state index in [1.807, 2.05) is 43.3 Å². The number of aliphatic imine (C=N–C) groups is 1. The maximum atomic E-state index is 9.66. The number of aliphatic hydroxyl groups excluding tert-OH is 1. The molecule has 0 aliphatic carbocycles. The van der Waals surface area contributed by atoms with E-state index in [0.29, 0.717) is 25.0 Å². The molecule has 26 heavy (non-hydrogen) atoms. The highest BCUT2D eigenvalue weighted by Gasteiger charge is 2.11. The minimum absolute atomic E-state index is 0. The monoisotopic (exact) mass is 472 g/mol. The molecule has 0 bridgehead atoms. The maximum absolute atomic E-state index is 9.66. The van der Waals surface area contributed by atoms with Crippen molar-refractivity contribution in [3.8, 4) is 0 Å². The third kappa shape index (κ3) is 6.95. The number of halogens is 1. The maximum Gasteiger partial charge on any atom is 0.191 e. The van der Waals surface area contributed by atoms with Gasteiger partial charge in [-0.3, -0.25) is 0 Å². The molecule has 0 spiro atoms. The summed E-state index contributed by atoms with van der Waals surface area (Å²) in [6, 6.07) is 11.9. The molecule has 1 aromatic heterocycles. The number of nitrogens with zero attached hydrogens (tertiary/aromatic N) is 2. The van der Waals surface area contributed by atoms with E-state index >= 15 is 0 Å². The molecule has 1 unspecified atom stereocenters. The van der Waals surface area contributed by atoms with Crippen LogP contribution in [0.15, 0.2) is 45.9 Å². The zero-order chi connectivity index (χ0) is 18.1. The van der Waals surface area contributed by atoms with Gasteiger partial charge in [0.2, 0.25) is 0 Å². The minimum Gasteiger partial charge on any atom is -0.396 e. The van der Waals surface area contributed by atoms with Crippen LogP contribution in [0.2, 0.25) is 0 Å². The minimum atomic E-state index is 0. The average Bonchev–Trinajstić information content (AvgIpc) is 3.10. The van der Waals surface area contributed by atoms with Crippen molar-refractivity contribution in [3.05, 3.63) is 53.4 Å². The Morgan fingerprint density at radius 1 is 1.23 bits per heavy atom. The lowest BCUT2D eigenvalue weighted by Gasteiger charge is -2.17. The summed E-state index contributed by atoms with van der Waals surface area (Å²) in [6.07, 6.45) is 0. The van der Waals surface area contributed by atoms with E-state index in [1.165, 1.54) is 0 Å². The van der Waals surface area contributed by atoms with E-state index in [4.69, 9.17) is 4.52 Å². The molecule has 0 aliphatic heterocycles. The fourth-order valence-corrected chi connectivity index (χ4v) is 2.41. The molecule has 6 nitrogen and oxygen atoms in total. The summed E-state index contributed by atoms with van der Waals surface area (Å²) in [4.78, 5) is 4.54. The SMILES string of the molecule is CCNC(=NCc1cc(C(C)C)no1)NCC(CO)c1ccccc1.I. The lowest BCUT2D eigenvalue weighted by atomic mass is 10.0. The van der Waals surface area contributed by atoms with E-state index in [0.717, 1.165) is 23.6 Å². The number of benzene rings is 1. The van der Waals surface area contributed by atoms with Gasteiger partial charge in [0, 0.05) is 25.1 Å². The highest BCUT2D eigenvalue weighted by atomic mass is 127. The predicted molar refractivity (Wildman–Crippen MR) is 115 cm³/mol. The van der Waals surface area contributed by atoms with Crippen molar-refractivity contribution < 1.29 is 9.63 Å². The Hall–Kier alpha value is -1.61. The molecule has 0 aliphatic rings. The van der Waals surface area contributed by atoms with Crippen LogP contribution >= 0.6 is 24.0 Å². The van der Waals surface area contributed by atoms with Gasteiger partial charge in [-0.2, -0.15) is 0 Å². The van der Waals surface area contributed by atoms with E-state index in [9.17, 15) is 5.11 Å². The lowest BCUT2D eigenvalue weighted by molar-refractivity contribution is 0.265. The molecular weight excluding hydrogens is 443 g/mol. The predicted octanol–water partition coefficient (Wildman–Crippen LogP) is 3.25. The van der Waals surface area contributed by atoms with Crippen LogP contribution in [0.1, 0.15) is 49.6 Å². The highest BCUT2D eigenvalue weighted by Crippen LogP contribution is 2.15. The third-order valence-electron chi connectivity index (χ3n) is 3.91. The third-order valence-corrected chi connectivity index (χ3v) is 3.91. The Labute approximate surface area is 172 Å². The average molecular weight is 472 g/mol. The van der Waals surface area contributed by atoms with Gasteiger partial charge >= 0.3 is 0 Å².